The predicted molar refractivity (Wildman–Crippen MR) is 71.2 cm³/mol. The Morgan fingerprint density at radius 1 is 1.78 bits per heavy atom. The van der Waals surface area contributed by atoms with E-state index in [1.807, 2.05) is 6.92 Å². The highest BCUT2D eigenvalue weighted by Crippen LogP contribution is 2.38. The number of piperidine rings is 1. The third-order valence-electron chi connectivity index (χ3n) is 4.17. The number of carbonyl (C=O) groups excluding carboxylic acids is 1. The van der Waals surface area contributed by atoms with Crippen molar-refractivity contribution < 1.29 is 4.79 Å². The van der Waals surface area contributed by atoms with E-state index in [0.29, 0.717) is 5.84 Å². The molecule has 18 heavy (non-hydrogen) atoms. The number of nitrogens with zero attached hydrogens (tertiary/aromatic N) is 2. The molecule has 98 valence electrons. The lowest BCUT2D eigenvalue weighted by Gasteiger charge is -2.48. The Kier molecular flexibility index (Phi) is 3.31. The van der Waals surface area contributed by atoms with E-state index < -0.39 is 5.54 Å². The van der Waals surface area contributed by atoms with Crippen LogP contribution in [0.2, 0.25) is 0 Å². The van der Waals surface area contributed by atoms with Crippen LogP contribution in [0.3, 0.4) is 0 Å². The Labute approximate surface area is 108 Å². The average molecular weight is 248 g/mol. The number of urea groups is 1. The van der Waals surface area contributed by atoms with E-state index >= 15 is 0 Å². The normalized spacial score (nSPS) is 33.4. The van der Waals surface area contributed by atoms with Gasteiger partial charge in [-0.05, 0) is 26.3 Å². The number of amidine groups is 1. The van der Waals surface area contributed by atoms with E-state index in [-0.39, 0.29) is 18.0 Å². The van der Waals surface area contributed by atoms with E-state index in [0.717, 1.165) is 25.9 Å². The first-order valence-electron chi connectivity index (χ1n) is 6.42. The summed E-state index contributed by atoms with van der Waals surface area (Å²) in [5.74, 6) is 3.32. The minimum atomic E-state index is -0.483. The van der Waals surface area contributed by atoms with Gasteiger partial charge in [0, 0.05) is 12.5 Å². The summed E-state index contributed by atoms with van der Waals surface area (Å²) in [5.41, 5.74) is 5.59. The van der Waals surface area contributed by atoms with Gasteiger partial charge in [0.2, 0.25) is 0 Å². The topological polar surface area (TPSA) is 70.7 Å². The molecule has 2 heterocycles. The summed E-state index contributed by atoms with van der Waals surface area (Å²) >= 11 is 0. The summed E-state index contributed by atoms with van der Waals surface area (Å²) in [6.07, 6.45) is 7.20. The van der Waals surface area contributed by atoms with Gasteiger partial charge < -0.3 is 11.1 Å². The molecular weight excluding hydrogens is 228 g/mol. The molecule has 3 N–H and O–H groups in total. The van der Waals surface area contributed by atoms with E-state index in [1.165, 1.54) is 0 Å². The molecule has 5 heteroatoms. The van der Waals surface area contributed by atoms with E-state index in [9.17, 15) is 4.79 Å². The number of hydrogen-bond acceptors (Lipinski definition) is 3. The van der Waals surface area contributed by atoms with Crippen LogP contribution < -0.4 is 11.1 Å². The Bertz CT molecular complexity index is 425. The zero-order chi connectivity index (χ0) is 13.3. The number of terminal acetylenes is 1. The standard InChI is InChI=1S/C13H20N4O/c1-4-9(3)17-12(18)16-11(14)13(17)6-7-15-8-10(13)5-2/h1,9-10,15H,5-8H2,2-3H3,(H2,14,16,18). The van der Waals surface area contributed by atoms with Gasteiger partial charge in [0.25, 0.3) is 0 Å². The summed E-state index contributed by atoms with van der Waals surface area (Å²) < 4.78 is 0. The Hall–Kier alpha value is -1.54. The molecule has 1 spiro atoms. The molecular formula is C13H20N4O. The quantitative estimate of drug-likeness (QED) is 0.701. The molecule has 0 aliphatic carbocycles. The van der Waals surface area contributed by atoms with Gasteiger partial charge in [-0.15, -0.1) is 6.42 Å². The van der Waals surface area contributed by atoms with E-state index in [4.69, 9.17) is 12.2 Å². The van der Waals surface area contributed by atoms with Gasteiger partial charge in [0.15, 0.2) is 0 Å². The van der Waals surface area contributed by atoms with Gasteiger partial charge in [-0.2, -0.15) is 4.99 Å². The molecule has 0 aromatic heterocycles. The van der Waals surface area contributed by atoms with Crippen molar-refractivity contribution in [3.8, 4) is 12.3 Å². The molecule has 2 rings (SSSR count). The van der Waals surface area contributed by atoms with Gasteiger partial charge in [-0.3, -0.25) is 4.90 Å². The van der Waals surface area contributed by atoms with Crippen LogP contribution in [0.25, 0.3) is 0 Å². The van der Waals surface area contributed by atoms with Crippen LogP contribution in [-0.2, 0) is 0 Å². The lowest BCUT2D eigenvalue weighted by Crippen LogP contribution is -2.66. The molecule has 5 nitrogen and oxygen atoms in total. The number of amides is 2. The van der Waals surface area contributed by atoms with Gasteiger partial charge >= 0.3 is 6.03 Å². The molecule has 3 unspecified atom stereocenters. The van der Waals surface area contributed by atoms with Crippen LogP contribution in [0.15, 0.2) is 4.99 Å². The second kappa shape index (κ2) is 4.62. The molecule has 1 saturated heterocycles. The summed E-state index contributed by atoms with van der Waals surface area (Å²) in [6, 6.07) is -0.576. The second-order valence-corrected chi connectivity index (χ2v) is 4.98. The van der Waals surface area contributed by atoms with Crippen molar-refractivity contribution in [1.82, 2.24) is 10.2 Å². The first-order valence-corrected chi connectivity index (χ1v) is 6.42. The lowest BCUT2D eigenvalue weighted by atomic mass is 9.74. The van der Waals surface area contributed by atoms with Crippen LogP contribution in [0.4, 0.5) is 4.79 Å². The average Bonchev–Trinajstić information content (AvgIpc) is 2.61. The van der Waals surface area contributed by atoms with E-state index in [1.54, 1.807) is 4.90 Å². The predicted octanol–water partition coefficient (Wildman–Crippen LogP) is 0.559. The zero-order valence-corrected chi connectivity index (χ0v) is 10.9. The Morgan fingerprint density at radius 3 is 3.11 bits per heavy atom. The van der Waals surface area contributed by atoms with Crippen LogP contribution in [0, 0.1) is 18.3 Å². The van der Waals surface area contributed by atoms with Gasteiger partial charge in [-0.1, -0.05) is 12.8 Å². The molecule has 1 fully saturated rings. The second-order valence-electron chi connectivity index (χ2n) is 4.98. The smallest absolute Gasteiger partial charge is 0.347 e. The first kappa shape index (κ1) is 12.9. The highest BCUT2D eigenvalue weighted by atomic mass is 16.2. The maximum atomic E-state index is 12.1. The van der Waals surface area contributed by atoms with Crippen LogP contribution >= 0.6 is 0 Å². The fourth-order valence-electron chi connectivity index (χ4n) is 3.20. The largest absolute Gasteiger partial charge is 0.385 e. The molecule has 0 aromatic carbocycles. The number of hydrogen-bond donors (Lipinski definition) is 2. The van der Waals surface area contributed by atoms with E-state index in [2.05, 4.69) is 23.2 Å². The molecule has 2 aliphatic heterocycles. The van der Waals surface area contributed by atoms with Crippen molar-refractivity contribution in [2.24, 2.45) is 16.6 Å². The van der Waals surface area contributed by atoms with Gasteiger partial charge in [0.05, 0.1) is 6.04 Å². The summed E-state index contributed by atoms with van der Waals surface area (Å²) in [7, 11) is 0. The molecule has 0 radical (unpaired) electrons. The fourth-order valence-corrected chi connectivity index (χ4v) is 3.20. The Morgan fingerprint density at radius 2 is 2.50 bits per heavy atom. The third kappa shape index (κ3) is 1.60. The highest BCUT2D eigenvalue weighted by molar-refractivity contribution is 6.06. The van der Waals surface area contributed by atoms with Gasteiger partial charge in [0.1, 0.15) is 11.4 Å². The maximum Gasteiger partial charge on any atom is 0.347 e. The van der Waals surface area contributed by atoms with Crippen molar-refractivity contribution in [1.29, 1.82) is 0 Å². The van der Waals surface area contributed by atoms with Crippen LogP contribution in [0.5, 0.6) is 0 Å². The summed E-state index contributed by atoms with van der Waals surface area (Å²) in [6.45, 7) is 5.62. The first-order chi connectivity index (χ1) is 8.57. The number of rotatable bonds is 2. The van der Waals surface area contributed by atoms with Crippen LogP contribution in [-0.4, -0.2) is 41.4 Å². The number of carbonyl (C=O) groups is 1. The minimum Gasteiger partial charge on any atom is -0.385 e. The molecule has 2 amide bonds. The number of nitrogens with one attached hydrogen (secondary N) is 1. The molecule has 2 aliphatic rings. The van der Waals surface area contributed by atoms with Crippen molar-refractivity contribution in [3.05, 3.63) is 0 Å². The molecule has 3 atom stereocenters. The van der Waals surface area contributed by atoms with Crippen LogP contribution in [0.1, 0.15) is 26.7 Å². The molecule has 0 aromatic rings. The fraction of sp³-hybridized carbons (Fsp3) is 0.692. The summed E-state index contributed by atoms with van der Waals surface area (Å²) in [5, 5.41) is 3.35. The number of nitrogens with two attached hydrogens (primary N) is 1. The molecule has 0 saturated carbocycles. The Balaban J connectivity index is 2.46. The number of aliphatic imine (C=N–C) groups is 1. The summed E-state index contributed by atoms with van der Waals surface area (Å²) in [4.78, 5) is 17.7. The maximum absolute atomic E-state index is 12.1. The highest BCUT2D eigenvalue weighted by Gasteiger charge is 2.55. The monoisotopic (exact) mass is 248 g/mol. The lowest BCUT2D eigenvalue weighted by molar-refractivity contribution is 0.0888. The minimum absolute atomic E-state index is 0.261. The van der Waals surface area contributed by atoms with Gasteiger partial charge in [-0.25, -0.2) is 4.79 Å². The molecule has 0 bridgehead atoms. The SMILES string of the molecule is C#CC(C)N1C(=O)N=C(N)C12CCNCC2CC. The van der Waals surface area contributed by atoms with Crippen molar-refractivity contribution >= 4 is 11.9 Å². The van der Waals surface area contributed by atoms with Crippen molar-refractivity contribution in [2.45, 2.75) is 38.3 Å². The third-order valence-corrected chi connectivity index (χ3v) is 4.17. The van der Waals surface area contributed by atoms with Crippen molar-refractivity contribution in [3.63, 3.8) is 0 Å². The zero-order valence-electron chi connectivity index (χ0n) is 10.9. The van der Waals surface area contributed by atoms with Crippen molar-refractivity contribution in [2.75, 3.05) is 13.1 Å².